The first-order chi connectivity index (χ1) is 13.3. The second-order valence-electron chi connectivity index (χ2n) is 6.71. The number of hydrogen-bond donors (Lipinski definition) is 0. The molecule has 1 amide bonds. The highest BCUT2D eigenvalue weighted by molar-refractivity contribution is 7.89. The van der Waals surface area contributed by atoms with Crippen LogP contribution in [0.4, 0.5) is 5.69 Å². The SMILES string of the molecule is COc1ccc(Cl)cc1S(=O)(=O)N1CCC(C(=O)N(C)c2ccccc2)CC1. The fourth-order valence-corrected chi connectivity index (χ4v) is 5.28. The quantitative estimate of drug-likeness (QED) is 0.740. The lowest BCUT2D eigenvalue weighted by Crippen LogP contribution is -2.43. The summed E-state index contributed by atoms with van der Waals surface area (Å²) in [7, 11) is -0.579. The van der Waals surface area contributed by atoms with Crippen LogP contribution in [-0.4, -0.2) is 45.9 Å². The number of ether oxygens (including phenoxy) is 1. The molecule has 0 atom stereocenters. The molecule has 1 aliphatic rings. The molecule has 28 heavy (non-hydrogen) atoms. The van der Waals surface area contributed by atoms with Gasteiger partial charge in [-0.05, 0) is 43.2 Å². The van der Waals surface area contributed by atoms with Gasteiger partial charge in [0.15, 0.2) is 0 Å². The van der Waals surface area contributed by atoms with Crippen LogP contribution in [0.15, 0.2) is 53.4 Å². The number of piperidine rings is 1. The summed E-state index contributed by atoms with van der Waals surface area (Å²) in [6.45, 7) is 0.550. The lowest BCUT2D eigenvalue weighted by molar-refractivity contribution is -0.123. The molecule has 1 saturated heterocycles. The van der Waals surface area contributed by atoms with Crippen LogP contribution in [0.5, 0.6) is 5.75 Å². The zero-order chi connectivity index (χ0) is 20.3. The minimum absolute atomic E-state index is 0.00332. The highest BCUT2D eigenvalue weighted by Crippen LogP contribution is 2.32. The first kappa shape index (κ1) is 20.6. The molecule has 1 fully saturated rings. The number of amides is 1. The number of carbonyl (C=O) groups is 1. The lowest BCUT2D eigenvalue weighted by atomic mass is 9.96. The summed E-state index contributed by atoms with van der Waals surface area (Å²) >= 11 is 5.99. The molecule has 2 aromatic carbocycles. The van der Waals surface area contributed by atoms with E-state index in [1.165, 1.54) is 17.5 Å². The molecule has 1 aliphatic heterocycles. The van der Waals surface area contributed by atoms with E-state index in [2.05, 4.69) is 0 Å². The van der Waals surface area contributed by atoms with Crippen LogP contribution < -0.4 is 9.64 Å². The summed E-state index contributed by atoms with van der Waals surface area (Å²) in [5.74, 6) is 0.0490. The van der Waals surface area contributed by atoms with E-state index in [1.807, 2.05) is 30.3 Å². The third kappa shape index (κ3) is 4.16. The van der Waals surface area contributed by atoms with E-state index in [-0.39, 0.29) is 35.6 Å². The summed E-state index contributed by atoms with van der Waals surface area (Å²) in [6.07, 6.45) is 0.941. The highest BCUT2D eigenvalue weighted by atomic mass is 35.5. The van der Waals surface area contributed by atoms with Crippen LogP contribution in [0.1, 0.15) is 12.8 Å². The number of hydrogen-bond acceptors (Lipinski definition) is 4. The topological polar surface area (TPSA) is 66.9 Å². The van der Waals surface area contributed by atoms with Gasteiger partial charge in [0.1, 0.15) is 10.6 Å². The first-order valence-electron chi connectivity index (χ1n) is 9.01. The summed E-state index contributed by atoms with van der Waals surface area (Å²) in [6, 6.07) is 13.9. The van der Waals surface area contributed by atoms with E-state index in [1.54, 1.807) is 24.1 Å². The normalized spacial score (nSPS) is 16.0. The van der Waals surface area contributed by atoms with Gasteiger partial charge in [0.25, 0.3) is 0 Å². The van der Waals surface area contributed by atoms with Gasteiger partial charge < -0.3 is 9.64 Å². The van der Waals surface area contributed by atoms with E-state index >= 15 is 0 Å². The van der Waals surface area contributed by atoms with Crippen molar-refractivity contribution in [2.45, 2.75) is 17.7 Å². The molecule has 0 radical (unpaired) electrons. The van der Waals surface area contributed by atoms with Gasteiger partial charge in [-0.15, -0.1) is 0 Å². The van der Waals surface area contributed by atoms with E-state index < -0.39 is 10.0 Å². The highest BCUT2D eigenvalue weighted by Gasteiger charge is 2.34. The monoisotopic (exact) mass is 422 g/mol. The van der Waals surface area contributed by atoms with Gasteiger partial charge in [0.05, 0.1) is 7.11 Å². The van der Waals surface area contributed by atoms with Gasteiger partial charge in [0, 0.05) is 36.8 Å². The van der Waals surface area contributed by atoms with Gasteiger partial charge >= 0.3 is 0 Å². The Hall–Kier alpha value is -2.09. The maximum atomic E-state index is 13.0. The standard InChI is InChI=1S/C20H23ClN2O4S/c1-22(17-6-4-3-5-7-17)20(24)15-10-12-23(13-11-15)28(25,26)19-14-16(21)8-9-18(19)27-2/h3-9,14-15H,10-13H2,1-2H3. The van der Waals surface area contributed by atoms with Crippen molar-refractivity contribution < 1.29 is 17.9 Å². The molecule has 3 rings (SSSR count). The summed E-state index contributed by atoms with van der Waals surface area (Å²) < 4.78 is 32.7. The zero-order valence-corrected chi connectivity index (χ0v) is 17.4. The molecule has 8 heteroatoms. The Morgan fingerprint density at radius 3 is 2.39 bits per heavy atom. The minimum atomic E-state index is -3.75. The average molecular weight is 423 g/mol. The number of methoxy groups -OCH3 is 1. The predicted octanol–water partition coefficient (Wildman–Crippen LogP) is 3.41. The van der Waals surface area contributed by atoms with Gasteiger partial charge in [-0.1, -0.05) is 29.8 Å². The number of para-hydroxylation sites is 1. The molecule has 2 aromatic rings. The summed E-state index contributed by atoms with van der Waals surface area (Å²) in [5, 5.41) is 0.328. The molecule has 0 saturated carbocycles. The molecule has 150 valence electrons. The fraction of sp³-hybridized carbons (Fsp3) is 0.350. The Labute approximate surface area is 170 Å². The van der Waals surface area contributed by atoms with Crippen LogP contribution in [0.25, 0.3) is 0 Å². The van der Waals surface area contributed by atoms with Crippen LogP contribution in [0.2, 0.25) is 5.02 Å². The second kappa shape index (κ2) is 8.51. The number of benzene rings is 2. The predicted molar refractivity (Wildman–Crippen MR) is 109 cm³/mol. The van der Waals surface area contributed by atoms with Crippen molar-refractivity contribution in [3.8, 4) is 5.75 Å². The largest absolute Gasteiger partial charge is 0.495 e. The molecule has 1 heterocycles. The minimum Gasteiger partial charge on any atom is -0.495 e. The van der Waals surface area contributed by atoms with Crippen LogP contribution in [-0.2, 0) is 14.8 Å². The summed E-state index contributed by atoms with van der Waals surface area (Å²) in [4.78, 5) is 14.5. The number of carbonyl (C=O) groups excluding carboxylic acids is 1. The van der Waals surface area contributed by atoms with Crippen molar-refractivity contribution in [2.24, 2.45) is 5.92 Å². The molecule has 0 aliphatic carbocycles. The Morgan fingerprint density at radius 2 is 1.79 bits per heavy atom. The number of halogens is 1. The second-order valence-corrected chi connectivity index (χ2v) is 9.05. The van der Waals surface area contributed by atoms with Crippen molar-refractivity contribution in [1.82, 2.24) is 4.31 Å². The van der Waals surface area contributed by atoms with Crippen molar-refractivity contribution in [3.63, 3.8) is 0 Å². The van der Waals surface area contributed by atoms with Crippen LogP contribution in [0.3, 0.4) is 0 Å². The summed E-state index contributed by atoms with van der Waals surface area (Å²) in [5.41, 5.74) is 0.825. The van der Waals surface area contributed by atoms with E-state index in [0.717, 1.165) is 5.69 Å². The van der Waals surface area contributed by atoms with Crippen molar-refractivity contribution in [1.29, 1.82) is 0 Å². The lowest BCUT2D eigenvalue weighted by Gasteiger charge is -2.32. The third-order valence-corrected chi connectivity index (χ3v) is 7.18. The number of nitrogens with zero attached hydrogens (tertiary/aromatic N) is 2. The molecule has 0 N–H and O–H groups in total. The molecule has 0 spiro atoms. The Balaban J connectivity index is 1.71. The molecule has 6 nitrogen and oxygen atoms in total. The zero-order valence-electron chi connectivity index (χ0n) is 15.8. The van der Waals surface area contributed by atoms with Crippen LogP contribution in [0, 0.1) is 5.92 Å². The van der Waals surface area contributed by atoms with Crippen molar-refractivity contribution in [3.05, 3.63) is 53.6 Å². The number of sulfonamides is 1. The van der Waals surface area contributed by atoms with Crippen molar-refractivity contribution >= 4 is 33.2 Å². The molecule has 0 unspecified atom stereocenters. The number of rotatable bonds is 5. The molecular formula is C20H23ClN2O4S. The van der Waals surface area contributed by atoms with Gasteiger partial charge in [-0.25, -0.2) is 8.42 Å². The van der Waals surface area contributed by atoms with E-state index in [4.69, 9.17) is 16.3 Å². The molecular weight excluding hydrogens is 400 g/mol. The maximum Gasteiger partial charge on any atom is 0.246 e. The molecule has 0 bridgehead atoms. The average Bonchev–Trinajstić information content (AvgIpc) is 2.73. The van der Waals surface area contributed by atoms with Crippen LogP contribution >= 0.6 is 11.6 Å². The van der Waals surface area contributed by atoms with Gasteiger partial charge in [0.2, 0.25) is 15.9 Å². The maximum absolute atomic E-state index is 13.0. The Bertz CT molecular complexity index is 942. The first-order valence-corrected chi connectivity index (χ1v) is 10.8. The van der Waals surface area contributed by atoms with E-state index in [0.29, 0.717) is 17.9 Å². The Kier molecular flexibility index (Phi) is 6.27. The third-order valence-electron chi connectivity index (χ3n) is 5.02. The fourth-order valence-electron chi connectivity index (χ4n) is 3.39. The number of anilines is 1. The van der Waals surface area contributed by atoms with Gasteiger partial charge in [-0.2, -0.15) is 4.31 Å². The Morgan fingerprint density at radius 1 is 1.14 bits per heavy atom. The van der Waals surface area contributed by atoms with Crippen molar-refractivity contribution in [2.75, 3.05) is 32.1 Å². The smallest absolute Gasteiger partial charge is 0.246 e. The van der Waals surface area contributed by atoms with E-state index in [9.17, 15) is 13.2 Å². The molecule has 0 aromatic heterocycles. The van der Waals surface area contributed by atoms with Gasteiger partial charge in [-0.3, -0.25) is 4.79 Å².